The number of rotatable bonds is 0. The molecule has 0 N–H and O–H groups in total. The summed E-state index contributed by atoms with van der Waals surface area (Å²) in [6, 6.07) is 0. The molecule has 0 amide bonds. The van der Waals surface area contributed by atoms with Crippen molar-refractivity contribution >= 4 is 63.9 Å². The minimum absolute atomic E-state index is 0. The first-order chi connectivity index (χ1) is 0. The number of halogens is 3. The van der Waals surface area contributed by atoms with E-state index < -0.39 is 0 Å². The van der Waals surface area contributed by atoms with E-state index in [1.165, 1.54) is 0 Å². The molecule has 0 heterocycles. The van der Waals surface area contributed by atoms with Gasteiger partial charge < -0.3 is 33.4 Å². The molecular formula is H3BiCaF2IK. The van der Waals surface area contributed by atoms with Crippen LogP contribution in [0.1, 0.15) is 0 Å². The Bertz CT molecular complexity index is 13.5. The fourth-order valence-corrected chi connectivity index (χ4v) is 0. The van der Waals surface area contributed by atoms with Gasteiger partial charge in [-0.15, -0.1) is 0 Å². The summed E-state index contributed by atoms with van der Waals surface area (Å²) in [5.41, 5.74) is 0. The third kappa shape index (κ3) is 23.8. The summed E-state index contributed by atoms with van der Waals surface area (Å²) in [4.78, 5) is 0. The Kier molecular flexibility index (Phi) is 273. The largest absolute Gasteiger partial charge is 2.00 e. The topological polar surface area (TPSA) is 0 Å². The molecule has 0 aliphatic carbocycles. The van der Waals surface area contributed by atoms with E-state index in [9.17, 15) is 0 Å². The van der Waals surface area contributed by atoms with E-state index in [-0.39, 0.29) is 149 Å². The van der Waals surface area contributed by atoms with Gasteiger partial charge in [0.05, 0.1) is 0 Å². The fraction of sp³-hybridized carbons (Fsp3) is 0. The molecule has 32 valence electrons. The Morgan fingerprint density at radius 3 is 0.833 bits per heavy atom. The zero-order valence-electron chi connectivity index (χ0n) is 3.55. The summed E-state index contributed by atoms with van der Waals surface area (Å²) in [5, 5.41) is 0. The Balaban J connectivity index is 0. The first kappa shape index (κ1) is 47.7. The summed E-state index contributed by atoms with van der Waals surface area (Å²) < 4.78 is 0. The molecule has 0 aliphatic heterocycles. The smallest absolute Gasteiger partial charge is 1.00 e. The standard InChI is InChI=1S/Bi.Ca.2FH.HI.K.3H/h;;3*1H;;;;/q;+2;;;;+1;;;/p-3. The SMILES string of the molecule is [BiH3].[Ca+2].[F-].[F-].[I-].[K+]. The van der Waals surface area contributed by atoms with Crippen LogP contribution in [0.25, 0.3) is 0 Å². The molecule has 0 unspecified atom stereocenters. The van der Waals surface area contributed by atoms with Crippen LogP contribution in [0.15, 0.2) is 0 Å². The Hall–Kier alpha value is 4.37. The van der Waals surface area contributed by atoms with Crippen LogP contribution in [-0.2, 0) is 0 Å². The molecule has 0 aromatic rings. The van der Waals surface area contributed by atoms with E-state index >= 15 is 0 Å². The van der Waals surface area contributed by atoms with Crippen molar-refractivity contribution in [2.24, 2.45) is 0 Å². The molecule has 0 saturated heterocycles. The van der Waals surface area contributed by atoms with Gasteiger partial charge in [-0.25, -0.2) is 0 Å². The maximum Gasteiger partial charge on any atom is 2.00 e. The molecule has 6 heavy (non-hydrogen) atoms. The molecule has 0 radical (unpaired) electrons. The molecule has 0 rings (SSSR count). The van der Waals surface area contributed by atoms with Crippen LogP contribution < -0.4 is 84.8 Å². The van der Waals surface area contributed by atoms with E-state index in [4.69, 9.17) is 0 Å². The first-order valence-corrected chi connectivity index (χ1v) is 0. The van der Waals surface area contributed by atoms with Gasteiger partial charge in [-0.2, -0.15) is 0 Å². The molecule has 0 bridgehead atoms. The fourth-order valence-electron chi connectivity index (χ4n) is 0. The van der Waals surface area contributed by atoms with E-state index in [1.54, 1.807) is 0 Å². The zero-order chi connectivity index (χ0) is 0. The molecule has 0 fully saturated rings. The van der Waals surface area contributed by atoms with E-state index in [2.05, 4.69) is 0 Å². The molecule has 0 nitrogen and oxygen atoms in total. The predicted molar refractivity (Wildman–Crippen MR) is 15.7 cm³/mol. The monoisotopic (exact) mass is 456 g/mol. The second-order valence-corrected chi connectivity index (χ2v) is 0. The van der Waals surface area contributed by atoms with Crippen molar-refractivity contribution in [3.8, 4) is 0 Å². The molecule has 0 spiro atoms. The summed E-state index contributed by atoms with van der Waals surface area (Å²) in [7, 11) is 0. The van der Waals surface area contributed by atoms with Gasteiger partial charge >= 0.3 is 115 Å². The maximum absolute atomic E-state index is 0. The normalized spacial score (nSPS) is 0. The second kappa shape index (κ2) is 34.4. The van der Waals surface area contributed by atoms with Crippen molar-refractivity contribution < 1.29 is 84.8 Å². The van der Waals surface area contributed by atoms with Gasteiger partial charge in [0, 0.05) is 0 Å². The van der Waals surface area contributed by atoms with Gasteiger partial charge in [0.2, 0.25) is 0 Å². The second-order valence-electron chi connectivity index (χ2n) is 0. The Labute approximate surface area is 144 Å². The average Bonchev–Trinajstić information content (AvgIpc) is 0. The van der Waals surface area contributed by atoms with Crippen LogP contribution in [0.4, 0.5) is 0 Å². The van der Waals surface area contributed by atoms with Crippen molar-refractivity contribution in [3.63, 3.8) is 0 Å². The van der Waals surface area contributed by atoms with E-state index in [0.717, 1.165) is 0 Å². The van der Waals surface area contributed by atoms with Gasteiger partial charge in [0.25, 0.3) is 0 Å². The van der Waals surface area contributed by atoms with E-state index in [1.807, 2.05) is 0 Å². The van der Waals surface area contributed by atoms with Crippen molar-refractivity contribution in [2.45, 2.75) is 0 Å². The van der Waals surface area contributed by atoms with Crippen molar-refractivity contribution in [3.05, 3.63) is 0 Å². The van der Waals surface area contributed by atoms with Gasteiger partial charge in [-0.05, 0) is 0 Å². The summed E-state index contributed by atoms with van der Waals surface area (Å²) in [6.45, 7) is 0. The Morgan fingerprint density at radius 2 is 0.833 bits per heavy atom. The van der Waals surface area contributed by atoms with Crippen LogP contribution in [0, 0.1) is 0 Å². The van der Waals surface area contributed by atoms with Gasteiger partial charge in [0.1, 0.15) is 0 Å². The van der Waals surface area contributed by atoms with Crippen LogP contribution in [-0.4, -0.2) is 63.9 Å². The average molecular weight is 456 g/mol. The summed E-state index contributed by atoms with van der Waals surface area (Å²) in [6.07, 6.45) is 0. The molecule has 0 aromatic carbocycles. The van der Waals surface area contributed by atoms with Crippen molar-refractivity contribution in [1.29, 1.82) is 0 Å². The molecule has 6 heteroatoms. The summed E-state index contributed by atoms with van der Waals surface area (Å²) in [5.74, 6) is 0. The Morgan fingerprint density at radius 1 is 0.833 bits per heavy atom. The quantitative estimate of drug-likeness (QED) is 0.251. The maximum atomic E-state index is 0. The third-order valence-corrected chi connectivity index (χ3v) is 0. The molecule has 0 atom stereocenters. The zero-order valence-corrected chi connectivity index (χ0v) is 16.5. The minimum Gasteiger partial charge on any atom is -1.00 e. The van der Waals surface area contributed by atoms with Gasteiger partial charge in [0.15, 0.2) is 0 Å². The molecule has 0 saturated carbocycles. The van der Waals surface area contributed by atoms with Crippen LogP contribution in [0.3, 0.4) is 0 Å². The summed E-state index contributed by atoms with van der Waals surface area (Å²) >= 11 is 0. The molecule has 0 aromatic heterocycles. The predicted octanol–water partition coefficient (Wildman–Crippen LogP) is -13.5. The van der Waals surface area contributed by atoms with E-state index in [0.29, 0.717) is 0 Å². The minimum atomic E-state index is 0. The number of hydrogen-bond acceptors (Lipinski definition) is 0. The molecular weight excluding hydrogens is 453 g/mol. The van der Waals surface area contributed by atoms with Crippen molar-refractivity contribution in [1.82, 2.24) is 0 Å². The van der Waals surface area contributed by atoms with Gasteiger partial charge in [-0.3, -0.25) is 0 Å². The van der Waals surface area contributed by atoms with Crippen molar-refractivity contribution in [2.75, 3.05) is 0 Å². The molecule has 0 aliphatic rings. The van der Waals surface area contributed by atoms with Crippen LogP contribution in [0.2, 0.25) is 0 Å². The first-order valence-electron chi connectivity index (χ1n) is 0. The van der Waals surface area contributed by atoms with Crippen LogP contribution in [0.5, 0.6) is 0 Å². The third-order valence-electron chi connectivity index (χ3n) is 0. The number of hydrogen-bond donors (Lipinski definition) is 0. The van der Waals surface area contributed by atoms with Crippen LogP contribution >= 0.6 is 0 Å². The van der Waals surface area contributed by atoms with Gasteiger partial charge in [-0.1, -0.05) is 0 Å².